The van der Waals surface area contributed by atoms with Gasteiger partial charge in [-0.2, -0.15) is 0 Å². The number of anilines is 1. The number of hydrogen-bond donors (Lipinski definition) is 1. The Kier molecular flexibility index (Phi) is 2.55. The summed E-state index contributed by atoms with van der Waals surface area (Å²) in [5, 5.41) is 3.82. The van der Waals surface area contributed by atoms with E-state index in [1.54, 1.807) is 12.1 Å². The molecule has 0 aromatic heterocycles. The number of para-hydroxylation sites is 1. The molecule has 0 bridgehead atoms. The van der Waals surface area contributed by atoms with Gasteiger partial charge in [-0.3, -0.25) is 0 Å². The van der Waals surface area contributed by atoms with Crippen LogP contribution in [0.1, 0.15) is 25.7 Å². The lowest BCUT2D eigenvalue weighted by Crippen LogP contribution is -2.25. The van der Waals surface area contributed by atoms with Crippen LogP contribution >= 0.6 is 11.6 Å². The van der Waals surface area contributed by atoms with E-state index in [-0.39, 0.29) is 5.82 Å². The summed E-state index contributed by atoms with van der Waals surface area (Å²) in [6.45, 7) is 0. The normalized spacial score (nSPS) is 20.2. The van der Waals surface area contributed by atoms with Crippen molar-refractivity contribution in [1.82, 2.24) is 0 Å². The number of benzene rings is 1. The molecular weight excluding hydrogens is 225 g/mol. The zero-order chi connectivity index (χ0) is 11.1. The maximum absolute atomic E-state index is 13.6. The summed E-state index contributed by atoms with van der Waals surface area (Å²) in [6, 6.07) is 5.29. The minimum atomic E-state index is -0.237. The Hall–Kier alpha value is -0.760. The van der Waals surface area contributed by atoms with Crippen LogP contribution in [0.15, 0.2) is 18.2 Å². The van der Waals surface area contributed by atoms with Crippen LogP contribution in [0.5, 0.6) is 0 Å². The van der Waals surface area contributed by atoms with Crippen LogP contribution in [0.3, 0.4) is 0 Å². The largest absolute Gasteiger partial charge is 0.378 e. The molecule has 16 heavy (non-hydrogen) atoms. The van der Waals surface area contributed by atoms with Crippen molar-refractivity contribution in [2.24, 2.45) is 11.8 Å². The van der Waals surface area contributed by atoms with Crippen LogP contribution in [0.4, 0.5) is 10.1 Å². The maximum Gasteiger partial charge on any atom is 0.147 e. The Balaban J connectivity index is 1.81. The van der Waals surface area contributed by atoms with Crippen LogP contribution in [0, 0.1) is 17.7 Å². The molecule has 86 valence electrons. The predicted molar refractivity (Wildman–Crippen MR) is 64.3 cm³/mol. The molecule has 0 heterocycles. The Morgan fingerprint density at radius 1 is 1.19 bits per heavy atom. The third-order valence-corrected chi connectivity index (χ3v) is 3.85. The quantitative estimate of drug-likeness (QED) is 0.835. The van der Waals surface area contributed by atoms with E-state index in [0.717, 1.165) is 11.8 Å². The lowest BCUT2D eigenvalue weighted by molar-refractivity contribution is 0.557. The van der Waals surface area contributed by atoms with E-state index in [1.807, 2.05) is 0 Å². The van der Waals surface area contributed by atoms with E-state index in [4.69, 9.17) is 11.6 Å². The van der Waals surface area contributed by atoms with Gasteiger partial charge in [0.1, 0.15) is 5.82 Å². The Morgan fingerprint density at radius 2 is 1.81 bits per heavy atom. The fraction of sp³-hybridized carbons (Fsp3) is 0.538. The molecule has 0 atom stereocenters. The predicted octanol–water partition coefficient (Wildman–Crippen LogP) is 4.08. The third-order valence-electron chi connectivity index (χ3n) is 3.53. The van der Waals surface area contributed by atoms with Crippen molar-refractivity contribution in [3.63, 3.8) is 0 Å². The SMILES string of the molecule is Fc1cccc(Cl)c1NC(C1CC1)C1CC1. The summed E-state index contributed by atoms with van der Waals surface area (Å²) in [5.74, 6) is 1.24. The van der Waals surface area contributed by atoms with Gasteiger partial charge < -0.3 is 5.32 Å². The Bertz CT molecular complexity index is 367. The molecule has 0 unspecified atom stereocenters. The molecule has 0 aliphatic heterocycles. The molecule has 3 rings (SSSR count). The van der Waals surface area contributed by atoms with Crippen molar-refractivity contribution in [2.45, 2.75) is 31.7 Å². The second-order valence-corrected chi connectivity index (χ2v) is 5.35. The van der Waals surface area contributed by atoms with Gasteiger partial charge >= 0.3 is 0 Å². The topological polar surface area (TPSA) is 12.0 Å². The first-order valence-electron chi connectivity index (χ1n) is 5.96. The number of nitrogens with one attached hydrogen (secondary N) is 1. The molecule has 1 aromatic carbocycles. The lowest BCUT2D eigenvalue weighted by atomic mass is 10.1. The average Bonchev–Trinajstić information content (AvgIpc) is 3.12. The summed E-state index contributed by atoms with van der Waals surface area (Å²) in [5.41, 5.74) is 0.493. The summed E-state index contributed by atoms with van der Waals surface area (Å²) >= 11 is 6.02. The van der Waals surface area contributed by atoms with Crippen molar-refractivity contribution in [3.05, 3.63) is 29.0 Å². The highest BCUT2D eigenvalue weighted by Gasteiger charge is 2.41. The van der Waals surface area contributed by atoms with Gasteiger partial charge in [-0.05, 0) is 49.7 Å². The zero-order valence-electron chi connectivity index (χ0n) is 9.05. The molecule has 1 N–H and O–H groups in total. The monoisotopic (exact) mass is 239 g/mol. The number of rotatable bonds is 4. The van der Waals surface area contributed by atoms with E-state index in [9.17, 15) is 4.39 Å². The second kappa shape index (κ2) is 3.92. The Labute approximate surface area is 100.0 Å². The van der Waals surface area contributed by atoms with Gasteiger partial charge in [0.2, 0.25) is 0 Å². The second-order valence-electron chi connectivity index (χ2n) is 4.94. The minimum absolute atomic E-state index is 0.237. The molecule has 2 saturated carbocycles. The van der Waals surface area contributed by atoms with Crippen molar-refractivity contribution >= 4 is 17.3 Å². The number of hydrogen-bond acceptors (Lipinski definition) is 1. The number of halogens is 2. The molecule has 2 fully saturated rings. The maximum atomic E-state index is 13.6. The van der Waals surface area contributed by atoms with Crippen LogP contribution in [-0.4, -0.2) is 6.04 Å². The first kappa shape index (κ1) is 10.4. The summed E-state index contributed by atoms with van der Waals surface area (Å²) in [7, 11) is 0. The van der Waals surface area contributed by atoms with Crippen LogP contribution < -0.4 is 5.32 Å². The first-order chi connectivity index (χ1) is 7.75. The highest BCUT2D eigenvalue weighted by molar-refractivity contribution is 6.33. The van der Waals surface area contributed by atoms with Gasteiger partial charge in [0, 0.05) is 6.04 Å². The van der Waals surface area contributed by atoms with Crippen molar-refractivity contribution < 1.29 is 4.39 Å². The smallest absolute Gasteiger partial charge is 0.147 e. The molecule has 0 amide bonds. The summed E-state index contributed by atoms with van der Waals surface area (Å²) in [6.07, 6.45) is 5.11. The summed E-state index contributed by atoms with van der Waals surface area (Å²) in [4.78, 5) is 0. The molecule has 1 nitrogen and oxygen atoms in total. The fourth-order valence-corrected chi connectivity index (χ4v) is 2.55. The van der Waals surface area contributed by atoms with Crippen molar-refractivity contribution in [1.29, 1.82) is 0 Å². The lowest BCUT2D eigenvalue weighted by Gasteiger charge is -2.20. The molecule has 3 heteroatoms. The molecular formula is C13H15ClFN. The van der Waals surface area contributed by atoms with Crippen molar-refractivity contribution in [2.75, 3.05) is 5.32 Å². The van der Waals surface area contributed by atoms with E-state index >= 15 is 0 Å². The molecule has 2 aliphatic carbocycles. The fourth-order valence-electron chi connectivity index (χ4n) is 2.33. The highest BCUT2D eigenvalue weighted by Crippen LogP contribution is 2.46. The van der Waals surface area contributed by atoms with E-state index in [1.165, 1.54) is 31.7 Å². The van der Waals surface area contributed by atoms with E-state index < -0.39 is 0 Å². The minimum Gasteiger partial charge on any atom is -0.378 e. The third kappa shape index (κ3) is 2.03. The van der Waals surface area contributed by atoms with Gasteiger partial charge in [0.15, 0.2) is 0 Å². The van der Waals surface area contributed by atoms with Crippen LogP contribution in [-0.2, 0) is 0 Å². The average molecular weight is 240 g/mol. The first-order valence-corrected chi connectivity index (χ1v) is 6.34. The van der Waals surface area contributed by atoms with Crippen LogP contribution in [0.2, 0.25) is 5.02 Å². The van der Waals surface area contributed by atoms with E-state index in [2.05, 4.69) is 5.32 Å². The Morgan fingerprint density at radius 3 is 2.31 bits per heavy atom. The highest BCUT2D eigenvalue weighted by atomic mass is 35.5. The van der Waals surface area contributed by atoms with E-state index in [0.29, 0.717) is 16.8 Å². The van der Waals surface area contributed by atoms with Gasteiger partial charge in [-0.1, -0.05) is 17.7 Å². The van der Waals surface area contributed by atoms with Gasteiger partial charge in [0.25, 0.3) is 0 Å². The van der Waals surface area contributed by atoms with Crippen molar-refractivity contribution in [3.8, 4) is 0 Å². The van der Waals surface area contributed by atoms with Gasteiger partial charge in [-0.15, -0.1) is 0 Å². The van der Waals surface area contributed by atoms with Gasteiger partial charge in [0.05, 0.1) is 10.7 Å². The molecule has 1 aromatic rings. The zero-order valence-corrected chi connectivity index (χ0v) is 9.80. The molecule has 0 radical (unpaired) electrons. The molecule has 0 spiro atoms. The molecule has 0 saturated heterocycles. The molecule has 2 aliphatic rings. The summed E-state index contributed by atoms with van der Waals surface area (Å²) < 4.78 is 13.6. The van der Waals surface area contributed by atoms with Crippen LogP contribution in [0.25, 0.3) is 0 Å². The van der Waals surface area contributed by atoms with Gasteiger partial charge in [-0.25, -0.2) is 4.39 Å². The standard InChI is InChI=1S/C13H15ClFN/c14-10-2-1-3-11(15)13(10)16-12(8-4-5-8)9-6-7-9/h1-3,8-9,12,16H,4-7H2.